The third kappa shape index (κ3) is 2.65. The molecule has 0 aliphatic heterocycles. The molecule has 25 heavy (non-hydrogen) atoms. The van der Waals surface area contributed by atoms with Crippen molar-refractivity contribution >= 4 is 39.7 Å². The average Bonchev–Trinajstić information content (AvgIpc) is 3.07. The van der Waals surface area contributed by atoms with Gasteiger partial charge in [0, 0.05) is 30.5 Å². The van der Waals surface area contributed by atoms with Crippen LogP contribution in [-0.2, 0) is 12.8 Å². The maximum absolute atomic E-state index is 8.65. The lowest BCUT2D eigenvalue weighted by Crippen LogP contribution is -2.40. The molecule has 0 atom stereocenters. The van der Waals surface area contributed by atoms with E-state index in [2.05, 4.69) is 30.3 Å². The molecule has 0 heterocycles. The Balaban J connectivity index is 1.70. The minimum Gasteiger partial charge on any atom is -0.316 e. The van der Waals surface area contributed by atoms with Gasteiger partial charge in [-0.25, -0.2) is 0 Å². The van der Waals surface area contributed by atoms with Crippen LogP contribution in [-0.4, -0.2) is 20.1 Å². The highest BCUT2D eigenvalue weighted by atomic mass is 35.5. The van der Waals surface area contributed by atoms with E-state index in [1.807, 2.05) is 48.2 Å². The molecular weight excluding hydrogens is 330 g/mol. The Labute approximate surface area is 152 Å². The van der Waals surface area contributed by atoms with Crippen molar-refractivity contribution in [3.05, 3.63) is 70.7 Å². The molecule has 4 rings (SSSR count). The molecule has 3 aromatic carbocycles. The number of guanidine groups is 1. The third-order valence-electron chi connectivity index (χ3n) is 5.07. The van der Waals surface area contributed by atoms with E-state index in [0.717, 1.165) is 24.2 Å². The summed E-state index contributed by atoms with van der Waals surface area (Å²) in [6.07, 6.45) is 2.12. The van der Waals surface area contributed by atoms with Gasteiger partial charge in [-0.3, -0.25) is 5.41 Å². The van der Waals surface area contributed by atoms with Gasteiger partial charge in [-0.2, -0.15) is 0 Å². The number of nitrogens with zero attached hydrogens (tertiary/aromatic N) is 2. The van der Waals surface area contributed by atoms with Crippen LogP contribution < -0.4 is 9.80 Å². The van der Waals surface area contributed by atoms with Crippen LogP contribution in [0.1, 0.15) is 11.1 Å². The topological polar surface area (TPSA) is 30.3 Å². The monoisotopic (exact) mass is 349 g/mol. The van der Waals surface area contributed by atoms with Gasteiger partial charge in [0.2, 0.25) is 5.96 Å². The van der Waals surface area contributed by atoms with Gasteiger partial charge < -0.3 is 9.80 Å². The van der Waals surface area contributed by atoms with Crippen molar-refractivity contribution in [3.8, 4) is 0 Å². The Morgan fingerprint density at radius 2 is 1.68 bits per heavy atom. The quantitative estimate of drug-likeness (QED) is 0.515. The molecule has 0 unspecified atom stereocenters. The van der Waals surface area contributed by atoms with Crippen LogP contribution in [0.3, 0.4) is 0 Å². The molecule has 1 aliphatic carbocycles. The first-order valence-electron chi connectivity index (χ1n) is 8.41. The molecule has 0 spiro atoms. The van der Waals surface area contributed by atoms with E-state index in [9.17, 15) is 0 Å². The van der Waals surface area contributed by atoms with Crippen LogP contribution in [0.15, 0.2) is 54.6 Å². The second kappa shape index (κ2) is 6.08. The molecule has 0 aromatic heterocycles. The summed E-state index contributed by atoms with van der Waals surface area (Å²) < 4.78 is 0. The normalized spacial score (nSPS) is 12.4. The van der Waals surface area contributed by atoms with Crippen LogP contribution in [0.25, 0.3) is 10.8 Å². The number of hydrogen-bond acceptors (Lipinski definition) is 1. The Hall–Kier alpha value is -2.52. The highest BCUT2D eigenvalue weighted by Gasteiger charge is 2.22. The fourth-order valence-electron chi connectivity index (χ4n) is 3.69. The molecule has 0 bridgehead atoms. The Bertz CT molecular complexity index is 963. The van der Waals surface area contributed by atoms with E-state index in [4.69, 9.17) is 17.0 Å². The summed E-state index contributed by atoms with van der Waals surface area (Å²) in [5, 5.41) is 12.0. The minimum absolute atomic E-state index is 0.433. The third-order valence-corrected chi connectivity index (χ3v) is 5.32. The molecule has 1 N–H and O–H groups in total. The molecule has 0 fully saturated rings. The van der Waals surface area contributed by atoms with Crippen molar-refractivity contribution in [1.29, 1.82) is 5.41 Å². The van der Waals surface area contributed by atoms with Crippen LogP contribution in [0, 0.1) is 5.41 Å². The van der Waals surface area contributed by atoms with Gasteiger partial charge in [-0.15, -0.1) is 0 Å². The van der Waals surface area contributed by atoms with E-state index in [-0.39, 0.29) is 0 Å². The molecule has 0 saturated carbocycles. The lowest BCUT2D eigenvalue weighted by atomic mass is 10.0. The molecule has 0 radical (unpaired) electrons. The summed E-state index contributed by atoms with van der Waals surface area (Å²) in [6.45, 7) is 0. The fraction of sp³-hybridized carbons (Fsp3) is 0.190. The lowest BCUT2D eigenvalue weighted by Gasteiger charge is -2.29. The smallest absolute Gasteiger partial charge is 0.202 e. The number of anilines is 2. The minimum atomic E-state index is 0.433. The van der Waals surface area contributed by atoms with Gasteiger partial charge in [0.1, 0.15) is 0 Å². The molecule has 0 amide bonds. The number of rotatable bonds is 2. The first-order chi connectivity index (χ1) is 12.1. The molecule has 126 valence electrons. The zero-order chi connectivity index (χ0) is 17.6. The largest absolute Gasteiger partial charge is 0.316 e. The predicted molar refractivity (Wildman–Crippen MR) is 107 cm³/mol. The second-order valence-corrected chi connectivity index (χ2v) is 6.93. The zero-order valence-corrected chi connectivity index (χ0v) is 15.1. The number of benzene rings is 3. The van der Waals surface area contributed by atoms with E-state index in [1.165, 1.54) is 21.9 Å². The molecule has 4 heteroatoms. The first kappa shape index (κ1) is 16.0. The number of halogens is 1. The highest BCUT2D eigenvalue weighted by Crippen LogP contribution is 2.37. The Kier molecular flexibility index (Phi) is 3.89. The van der Waals surface area contributed by atoms with Crippen molar-refractivity contribution in [2.75, 3.05) is 23.9 Å². The maximum Gasteiger partial charge on any atom is 0.202 e. The first-order valence-corrected chi connectivity index (χ1v) is 8.79. The molecular formula is C21H20ClN3. The summed E-state index contributed by atoms with van der Waals surface area (Å²) >= 11 is 5.97. The van der Waals surface area contributed by atoms with Gasteiger partial charge in [-0.1, -0.05) is 35.9 Å². The molecule has 3 aromatic rings. The van der Waals surface area contributed by atoms with Crippen LogP contribution in [0.4, 0.5) is 11.4 Å². The molecule has 0 saturated heterocycles. The summed E-state index contributed by atoms with van der Waals surface area (Å²) in [6, 6.07) is 18.4. The van der Waals surface area contributed by atoms with Gasteiger partial charge in [0.15, 0.2) is 0 Å². The number of aryl methyl sites for hydroxylation is 2. The molecule has 3 nitrogen and oxygen atoms in total. The Morgan fingerprint density at radius 3 is 2.44 bits per heavy atom. The zero-order valence-electron chi connectivity index (χ0n) is 14.4. The second-order valence-electron chi connectivity index (χ2n) is 6.50. The van der Waals surface area contributed by atoms with Gasteiger partial charge in [-0.05, 0) is 65.1 Å². The SMILES string of the molecule is CN(C(=N)N(C)c1ccc2cccc3c2c1CC3)c1ccc(Cl)cc1. The van der Waals surface area contributed by atoms with Crippen molar-refractivity contribution in [2.24, 2.45) is 0 Å². The lowest BCUT2D eigenvalue weighted by molar-refractivity contribution is 1.01. The average molecular weight is 350 g/mol. The Morgan fingerprint density at radius 1 is 0.920 bits per heavy atom. The summed E-state index contributed by atoms with van der Waals surface area (Å²) in [7, 11) is 3.88. The van der Waals surface area contributed by atoms with E-state index in [1.54, 1.807) is 0 Å². The summed E-state index contributed by atoms with van der Waals surface area (Å²) in [5.74, 6) is 0.433. The van der Waals surface area contributed by atoms with Crippen LogP contribution in [0.5, 0.6) is 0 Å². The van der Waals surface area contributed by atoms with Gasteiger partial charge >= 0.3 is 0 Å². The maximum atomic E-state index is 8.65. The summed E-state index contributed by atoms with van der Waals surface area (Å²) in [5.41, 5.74) is 4.83. The highest BCUT2D eigenvalue weighted by molar-refractivity contribution is 6.30. The van der Waals surface area contributed by atoms with Crippen LogP contribution >= 0.6 is 11.6 Å². The van der Waals surface area contributed by atoms with E-state index in [0.29, 0.717) is 11.0 Å². The molecule has 1 aliphatic rings. The van der Waals surface area contributed by atoms with E-state index >= 15 is 0 Å². The van der Waals surface area contributed by atoms with Crippen molar-refractivity contribution in [1.82, 2.24) is 0 Å². The fourth-order valence-corrected chi connectivity index (χ4v) is 3.81. The van der Waals surface area contributed by atoms with Crippen molar-refractivity contribution in [3.63, 3.8) is 0 Å². The number of nitrogens with one attached hydrogen (secondary N) is 1. The summed E-state index contributed by atoms with van der Waals surface area (Å²) in [4.78, 5) is 3.83. The number of hydrogen-bond donors (Lipinski definition) is 1. The predicted octanol–water partition coefficient (Wildman–Crippen LogP) is 5.10. The standard InChI is InChI=1S/C21H20ClN3/c1-24(17-10-8-16(22)9-11-17)21(23)25(2)19-13-7-15-5-3-4-14-6-12-18(19)20(14)15/h3-5,7-11,13,23H,6,12H2,1-2H3. The van der Waals surface area contributed by atoms with Gasteiger partial charge in [0.25, 0.3) is 0 Å². The van der Waals surface area contributed by atoms with Crippen LogP contribution in [0.2, 0.25) is 5.02 Å². The van der Waals surface area contributed by atoms with Crippen molar-refractivity contribution in [2.45, 2.75) is 12.8 Å². The van der Waals surface area contributed by atoms with Crippen molar-refractivity contribution < 1.29 is 0 Å². The van der Waals surface area contributed by atoms with E-state index < -0.39 is 0 Å². The van der Waals surface area contributed by atoms with Gasteiger partial charge in [0.05, 0.1) is 0 Å².